The van der Waals surface area contributed by atoms with Crippen LogP contribution in [-0.2, 0) is 16.0 Å². The van der Waals surface area contributed by atoms with E-state index >= 15 is 0 Å². The van der Waals surface area contributed by atoms with E-state index in [4.69, 9.17) is 20.3 Å². The first-order valence-corrected chi connectivity index (χ1v) is 15.8. The van der Waals surface area contributed by atoms with E-state index in [2.05, 4.69) is 36.4 Å². The molecule has 2 fully saturated rings. The largest absolute Gasteiger partial charge is 0.493 e. The highest BCUT2D eigenvalue weighted by Gasteiger charge is 2.44. The second-order valence-corrected chi connectivity index (χ2v) is 12.2. The Hall–Kier alpha value is -4.17. The van der Waals surface area contributed by atoms with Crippen molar-refractivity contribution in [2.45, 2.75) is 57.0 Å². The molecule has 230 valence electrons. The minimum atomic E-state index is -0.608. The molecule has 0 aromatic heterocycles. The molecule has 0 unspecified atom stereocenters. The van der Waals surface area contributed by atoms with Gasteiger partial charge in [0.1, 0.15) is 0 Å². The van der Waals surface area contributed by atoms with Gasteiger partial charge in [0, 0.05) is 30.5 Å². The van der Waals surface area contributed by atoms with Gasteiger partial charge in [0.15, 0.2) is 11.5 Å². The van der Waals surface area contributed by atoms with Gasteiger partial charge < -0.3 is 20.1 Å². The number of hydrogen-bond acceptors (Lipinski definition) is 6. The summed E-state index contributed by atoms with van der Waals surface area (Å²) in [5, 5.41) is 6.78. The fourth-order valence-electron chi connectivity index (χ4n) is 7.06. The average Bonchev–Trinajstić information content (AvgIpc) is 3.08. The average molecular weight is 595 g/mol. The number of rotatable bonds is 8. The van der Waals surface area contributed by atoms with Crippen molar-refractivity contribution in [2.75, 3.05) is 27.3 Å². The number of methoxy groups -OCH3 is 2. The molecule has 0 radical (unpaired) electrons. The van der Waals surface area contributed by atoms with Crippen molar-refractivity contribution in [3.8, 4) is 22.6 Å². The summed E-state index contributed by atoms with van der Waals surface area (Å²) in [6.45, 7) is 1.12. The fraction of sp³-hybridized carbons (Fsp3) is 0.417. The van der Waals surface area contributed by atoms with E-state index in [-0.39, 0.29) is 29.7 Å². The topological polar surface area (TPSA) is 97.5 Å². The van der Waals surface area contributed by atoms with Crippen molar-refractivity contribution in [3.63, 3.8) is 0 Å². The smallest absolute Gasteiger partial charge is 0.246 e. The van der Waals surface area contributed by atoms with Crippen molar-refractivity contribution >= 4 is 17.5 Å². The Kier molecular flexibility index (Phi) is 8.98. The first-order valence-electron chi connectivity index (χ1n) is 15.8. The highest BCUT2D eigenvalue weighted by molar-refractivity contribution is 6.07. The van der Waals surface area contributed by atoms with Crippen molar-refractivity contribution in [1.82, 2.24) is 9.91 Å². The van der Waals surface area contributed by atoms with Crippen LogP contribution in [0.3, 0.4) is 0 Å². The summed E-state index contributed by atoms with van der Waals surface area (Å²) in [4.78, 5) is 29.0. The number of likely N-dealkylation sites (tertiary alicyclic amines) is 1. The summed E-state index contributed by atoms with van der Waals surface area (Å²) in [5.74, 6) is 1.44. The van der Waals surface area contributed by atoms with Crippen LogP contribution < -0.4 is 15.2 Å². The van der Waals surface area contributed by atoms with Crippen LogP contribution in [0.2, 0.25) is 0 Å². The van der Waals surface area contributed by atoms with Gasteiger partial charge in [0.25, 0.3) is 0 Å². The molecule has 2 heterocycles. The minimum absolute atomic E-state index is 0.0394. The van der Waals surface area contributed by atoms with Gasteiger partial charge in [-0.25, -0.2) is 5.01 Å². The SMILES string of the molecule is COc1ccc(C2=NN(C3CCN(C(=O)[C@H](N)Cc4ccc(-c5ccccc5)cc4)CC3)C(=O)[C@@H]3CCCC[C@H]23)cc1OC. The van der Waals surface area contributed by atoms with Crippen molar-refractivity contribution in [3.05, 3.63) is 83.9 Å². The lowest BCUT2D eigenvalue weighted by Gasteiger charge is -2.43. The summed E-state index contributed by atoms with van der Waals surface area (Å²) < 4.78 is 11.0. The van der Waals surface area contributed by atoms with Gasteiger partial charge in [0.05, 0.1) is 32.0 Å². The number of nitrogens with two attached hydrogens (primary N) is 1. The number of hydrogen-bond donors (Lipinski definition) is 1. The molecule has 2 N–H and O–H groups in total. The van der Waals surface area contributed by atoms with Gasteiger partial charge in [0.2, 0.25) is 11.8 Å². The Morgan fingerprint density at radius 3 is 2.16 bits per heavy atom. The van der Waals surface area contributed by atoms with E-state index < -0.39 is 6.04 Å². The Morgan fingerprint density at radius 1 is 0.841 bits per heavy atom. The van der Waals surface area contributed by atoms with Crippen LogP contribution in [0.25, 0.3) is 11.1 Å². The Balaban J connectivity index is 1.12. The molecule has 3 aliphatic rings. The molecule has 8 nitrogen and oxygen atoms in total. The number of carbonyl (C=O) groups excluding carboxylic acids is 2. The van der Waals surface area contributed by atoms with Gasteiger partial charge >= 0.3 is 0 Å². The second-order valence-electron chi connectivity index (χ2n) is 12.2. The molecule has 2 aliphatic heterocycles. The van der Waals surface area contributed by atoms with E-state index in [9.17, 15) is 9.59 Å². The lowest BCUT2D eigenvalue weighted by Crippen LogP contribution is -2.54. The molecule has 3 aromatic rings. The Morgan fingerprint density at radius 2 is 1.48 bits per heavy atom. The van der Waals surface area contributed by atoms with Crippen LogP contribution in [0, 0.1) is 11.8 Å². The highest BCUT2D eigenvalue weighted by atomic mass is 16.5. The third kappa shape index (κ3) is 6.09. The third-order valence-electron chi connectivity index (χ3n) is 9.51. The van der Waals surface area contributed by atoms with Gasteiger partial charge in [-0.1, -0.05) is 67.4 Å². The van der Waals surface area contributed by atoms with Crippen LogP contribution in [-0.4, -0.2) is 66.8 Å². The molecule has 1 saturated carbocycles. The predicted molar refractivity (Wildman–Crippen MR) is 172 cm³/mol. The molecular formula is C36H42N4O4. The molecule has 8 heteroatoms. The molecule has 0 bridgehead atoms. The molecule has 1 saturated heterocycles. The summed E-state index contributed by atoms with van der Waals surface area (Å²) in [6.07, 6.45) is 5.83. The molecule has 44 heavy (non-hydrogen) atoms. The number of ether oxygens (including phenoxy) is 2. The lowest BCUT2D eigenvalue weighted by molar-refractivity contribution is -0.143. The normalized spacial score (nSPS) is 21.3. The third-order valence-corrected chi connectivity index (χ3v) is 9.51. The predicted octanol–water partition coefficient (Wildman–Crippen LogP) is 5.28. The standard InChI is InChI=1S/C36H42N4O4/c1-43-32-17-16-27(23-33(32)44-2)34-29-10-6-7-11-30(29)35(41)40(38-34)28-18-20-39(21-19-28)36(42)31(37)22-24-12-14-26(15-13-24)25-8-4-3-5-9-25/h3-5,8-9,12-17,23,28-31H,6-7,10-11,18-22,37H2,1-2H3/t29-,30+,31+/m0/s1. The molecule has 0 spiro atoms. The number of carbonyl (C=O) groups is 2. The summed E-state index contributed by atoms with van der Waals surface area (Å²) in [6, 6.07) is 23.7. The van der Waals surface area contributed by atoms with Crippen LogP contribution in [0.5, 0.6) is 11.5 Å². The summed E-state index contributed by atoms with van der Waals surface area (Å²) in [5.41, 5.74) is 11.7. The summed E-state index contributed by atoms with van der Waals surface area (Å²) >= 11 is 0. The molecule has 3 atom stereocenters. The van der Waals surface area contributed by atoms with Gasteiger partial charge in [-0.2, -0.15) is 5.10 Å². The van der Waals surface area contributed by atoms with E-state index in [0.29, 0.717) is 43.9 Å². The van der Waals surface area contributed by atoms with Crippen LogP contribution in [0.15, 0.2) is 77.9 Å². The van der Waals surface area contributed by atoms with Gasteiger partial charge in [-0.3, -0.25) is 9.59 Å². The van der Waals surface area contributed by atoms with Crippen LogP contribution in [0.1, 0.15) is 49.7 Å². The van der Waals surface area contributed by atoms with Crippen LogP contribution in [0.4, 0.5) is 0 Å². The number of benzene rings is 3. The maximum atomic E-state index is 13.8. The van der Waals surface area contributed by atoms with E-state index in [0.717, 1.165) is 53.6 Å². The van der Waals surface area contributed by atoms with Crippen molar-refractivity contribution in [2.24, 2.45) is 22.7 Å². The highest BCUT2D eigenvalue weighted by Crippen LogP contribution is 2.40. The Bertz CT molecular complexity index is 1500. The van der Waals surface area contributed by atoms with Crippen molar-refractivity contribution in [1.29, 1.82) is 0 Å². The van der Waals surface area contributed by atoms with E-state index in [1.54, 1.807) is 19.2 Å². The summed E-state index contributed by atoms with van der Waals surface area (Å²) in [7, 11) is 3.26. The molecule has 3 aromatic carbocycles. The fourth-order valence-corrected chi connectivity index (χ4v) is 7.06. The zero-order chi connectivity index (χ0) is 30.6. The first kappa shape index (κ1) is 29.9. The van der Waals surface area contributed by atoms with E-state index in [1.165, 1.54) is 0 Å². The number of piperidine rings is 1. The monoisotopic (exact) mass is 594 g/mol. The van der Waals surface area contributed by atoms with Crippen molar-refractivity contribution < 1.29 is 19.1 Å². The lowest BCUT2D eigenvalue weighted by atomic mass is 9.73. The Labute approximate surface area is 259 Å². The minimum Gasteiger partial charge on any atom is -0.493 e. The number of hydrazone groups is 1. The molecule has 2 amide bonds. The maximum absolute atomic E-state index is 13.8. The van der Waals surface area contributed by atoms with E-state index in [1.807, 2.05) is 41.3 Å². The quantitative estimate of drug-likeness (QED) is 0.383. The first-order chi connectivity index (χ1) is 21.5. The zero-order valence-corrected chi connectivity index (χ0v) is 25.7. The maximum Gasteiger partial charge on any atom is 0.246 e. The zero-order valence-electron chi connectivity index (χ0n) is 25.7. The van der Waals surface area contributed by atoms with Gasteiger partial charge in [-0.15, -0.1) is 0 Å². The second kappa shape index (κ2) is 13.2. The number of nitrogens with zero attached hydrogens (tertiary/aromatic N) is 3. The number of fused-ring (bicyclic) bond motifs is 1. The number of amides is 2. The molecule has 1 aliphatic carbocycles. The van der Waals surface area contributed by atoms with Crippen LogP contribution >= 0.6 is 0 Å². The van der Waals surface area contributed by atoms with Gasteiger partial charge in [-0.05, 0) is 67.0 Å². The molecular weight excluding hydrogens is 552 g/mol. The molecule has 6 rings (SSSR count).